The smallest absolute Gasteiger partial charge is 0.348 e. The Bertz CT molecular complexity index is 441. The Morgan fingerprint density at radius 2 is 1.62 bits per heavy atom. The predicted molar refractivity (Wildman–Crippen MR) is 98.6 cm³/mol. The van der Waals surface area contributed by atoms with Gasteiger partial charge in [-0.3, -0.25) is 0 Å². The third-order valence-corrected chi connectivity index (χ3v) is 5.90. The minimum absolute atomic E-state index is 1.20. The molecule has 2 nitrogen and oxygen atoms in total. The number of unbranched alkanes of at least 4 members (excludes halogenated alkanes) is 3. The second kappa shape index (κ2) is 8.37. The molecule has 0 atom stereocenters. The summed E-state index contributed by atoms with van der Waals surface area (Å²) in [4.78, 5) is 2.14. The predicted octanol–water partition coefficient (Wildman–Crippen LogP) is 4.60. The van der Waals surface area contributed by atoms with E-state index in [1.165, 1.54) is 43.5 Å². The van der Waals surface area contributed by atoms with Crippen molar-refractivity contribution in [2.45, 2.75) is 52.2 Å². The minimum atomic E-state index is -1.30. The summed E-state index contributed by atoms with van der Waals surface area (Å²) in [7, 11) is 2.87. The maximum absolute atomic E-state index is 2.62. The second-order valence-electron chi connectivity index (χ2n) is 7.04. The van der Waals surface area contributed by atoms with Crippen molar-refractivity contribution < 1.29 is 4.24 Å². The molecule has 21 heavy (non-hydrogen) atoms. The lowest BCUT2D eigenvalue weighted by Gasteiger charge is -2.16. The summed E-state index contributed by atoms with van der Waals surface area (Å²) >= 11 is 0. The van der Waals surface area contributed by atoms with E-state index < -0.39 is 8.24 Å². The van der Waals surface area contributed by atoms with E-state index in [1.807, 2.05) is 0 Å². The molecule has 0 saturated heterocycles. The van der Waals surface area contributed by atoms with Crippen molar-refractivity contribution in [1.29, 1.82) is 0 Å². The van der Waals surface area contributed by atoms with Crippen LogP contribution in [-0.2, 0) is 0 Å². The van der Waals surface area contributed by atoms with E-state index in [-0.39, 0.29) is 0 Å². The van der Waals surface area contributed by atoms with Crippen LogP contribution in [0.4, 0.5) is 5.69 Å². The highest BCUT2D eigenvalue weighted by molar-refractivity contribution is 6.68. The molecule has 0 bridgehead atoms. The largest absolute Gasteiger partial charge is 0.378 e. The van der Waals surface area contributed by atoms with Crippen LogP contribution in [0.2, 0.25) is 19.6 Å². The van der Waals surface area contributed by atoms with Gasteiger partial charge in [0.2, 0.25) is 0 Å². The van der Waals surface area contributed by atoms with Gasteiger partial charge in [-0.1, -0.05) is 19.8 Å². The highest BCUT2D eigenvalue weighted by atomic mass is 28.3. The average molecular weight is 306 g/mol. The van der Waals surface area contributed by atoms with Gasteiger partial charge in [-0.25, -0.2) is 0 Å². The van der Waals surface area contributed by atoms with Gasteiger partial charge in [0.15, 0.2) is 0 Å². The first-order chi connectivity index (χ1) is 9.84. The van der Waals surface area contributed by atoms with E-state index in [9.17, 15) is 0 Å². The third-order valence-electron chi connectivity index (χ3n) is 3.83. The average Bonchev–Trinajstić information content (AvgIpc) is 2.41. The zero-order valence-electron chi connectivity index (χ0n) is 14.8. The quantitative estimate of drug-likeness (QED) is 0.386. The molecule has 1 aromatic carbocycles. The summed E-state index contributed by atoms with van der Waals surface area (Å²) < 4.78 is 2.62. The number of rotatable bonds is 8. The molecule has 0 radical (unpaired) electrons. The zero-order chi connectivity index (χ0) is 15.9. The van der Waals surface area contributed by atoms with Crippen LogP contribution in [0.3, 0.4) is 0 Å². The lowest BCUT2D eigenvalue weighted by atomic mass is 10.2. The van der Waals surface area contributed by atoms with Gasteiger partial charge in [0.25, 0.3) is 0 Å². The van der Waals surface area contributed by atoms with Crippen LogP contribution < -0.4 is 4.90 Å². The maximum Gasteiger partial charge on any atom is 0.348 e. The van der Waals surface area contributed by atoms with E-state index in [4.69, 9.17) is 0 Å². The monoisotopic (exact) mass is 305 g/mol. The zero-order valence-corrected chi connectivity index (χ0v) is 15.8. The van der Waals surface area contributed by atoms with Crippen LogP contribution in [0.25, 0.3) is 0 Å². The molecule has 0 aliphatic heterocycles. The third kappa shape index (κ3) is 6.47. The minimum Gasteiger partial charge on any atom is -0.378 e. The van der Waals surface area contributed by atoms with Crippen LogP contribution in [-0.4, -0.2) is 39.3 Å². The molecule has 0 aliphatic rings. The Morgan fingerprint density at radius 1 is 1.00 bits per heavy atom. The molecule has 0 heterocycles. The van der Waals surface area contributed by atoms with Crippen molar-refractivity contribution in [3.05, 3.63) is 29.8 Å². The fourth-order valence-corrected chi connectivity index (χ4v) is 3.71. The Kier molecular flexibility index (Phi) is 7.16. The van der Waals surface area contributed by atoms with E-state index in [2.05, 4.69) is 80.3 Å². The van der Waals surface area contributed by atoms with Crippen LogP contribution in [0, 0.1) is 0 Å². The Labute approximate surface area is 132 Å². The van der Waals surface area contributed by atoms with E-state index in [0.29, 0.717) is 0 Å². The van der Waals surface area contributed by atoms with Crippen LogP contribution in [0.1, 0.15) is 38.2 Å². The molecule has 0 aromatic heterocycles. The van der Waals surface area contributed by atoms with Crippen molar-refractivity contribution in [1.82, 2.24) is 0 Å². The Morgan fingerprint density at radius 3 is 2.10 bits per heavy atom. The number of hydrogen-bond acceptors (Lipinski definition) is 1. The van der Waals surface area contributed by atoms with Gasteiger partial charge in [-0.05, 0) is 50.3 Å². The molecular weight excluding hydrogens is 272 g/mol. The molecule has 0 aliphatic carbocycles. The van der Waals surface area contributed by atoms with Gasteiger partial charge in [-0.15, -0.1) is 0 Å². The molecule has 118 valence electrons. The number of hydrogen-bond donors (Lipinski definition) is 0. The van der Waals surface area contributed by atoms with E-state index in [0.717, 1.165) is 0 Å². The normalized spacial score (nSPS) is 12.6. The van der Waals surface area contributed by atoms with Crippen molar-refractivity contribution in [2.24, 2.45) is 0 Å². The molecule has 1 rings (SSSR count). The number of benzene rings is 1. The van der Waals surface area contributed by atoms with Gasteiger partial charge in [0.05, 0.1) is 0 Å². The van der Waals surface area contributed by atoms with Crippen LogP contribution in [0.15, 0.2) is 24.3 Å². The molecule has 3 heteroatoms. The summed E-state index contributed by atoms with van der Waals surface area (Å²) in [6.45, 7) is 10.8. The Hall–Kier alpha value is -1.09. The molecule has 0 N–H and O–H groups in total. The summed E-state index contributed by atoms with van der Waals surface area (Å²) in [5.74, 6) is 0. The van der Waals surface area contributed by atoms with Crippen molar-refractivity contribution in [3.8, 4) is 0 Å². The molecule has 0 unspecified atom stereocenters. The fraction of sp³-hybridized carbons (Fsp3) is 0.611. The van der Waals surface area contributed by atoms with Gasteiger partial charge in [0, 0.05) is 31.8 Å². The van der Waals surface area contributed by atoms with Gasteiger partial charge >= 0.3 is 8.24 Å². The maximum atomic E-state index is 2.62. The topological polar surface area (TPSA) is 6.25 Å². The summed E-state index contributed by atoms with van der Waals surface area (Å²) in [6, 6.07) is 8.86. The highest BCUT2D eigenvalue weighted by Gasteiger charge is 2.29. The summed E-state index contributed by atoms with van der Waals surface area (Å²) in [5.41, 5.74) is 2.58. The molecule has 0 spiro atoms. The van der Waals surface area contributed by atoms with Gasteiger partial charge in [-0.2, -0.15) is 0 Å². The van der Waals surface area contributed by atoms with Gasteiger partial charge < -0.3 is 9.14 Å². The lowest BCUT2D eigenvalue weighted by molar-refractivity contribution is -0.394. The number of anilines is 1. The van der Waals surface area contributed by atoms with E-state index in [1.54, 1.807) is 0 Å². The molecule has 0 fully saturated rings. The standard InChI is InChI=1S/C18H33N2Si/c1-7-8-9-10-15-20(21(4,5)6)16-17-11-13-18(14-12-17)19(2)3/h11-14,16H,7-10,15H2,1-6H3/q+1. The van der Waals surface area contributed by atoms with E-state index >= 15 is 0 Å². The first-order valence-corrected chi connectivity index (χ1v) is 11.7. The first kappa shape index (κ1) is 18.0. The SMILES string of the molecule is CCCCCC[N+](=Cc1ccc(N(C)C)cc1)[Si](C)(C)C. The van der Waals surface area contributed by atoms with Crippen LogP contribution >= 0.6 is 0 Å². The first-order valence-electron chi connectivity index (χ1n) is 8.23. The van der Waals surface area contributed by atoms with Gasteiger partial charge in [0.1, 0.15) is 12.8 Å². The van der Waals surface area contributed by atoms with Crippen molar-refractivity contribution in [3.63, 3.8) is 0 Å². The second-order valence-corrected chi connectivity index (χ2v) is 12.0. The van der Waals surface area contributed by atoms with Crippen molar-refractivity contribution >= 4 is 20.1 Å². The fourth-order valence-electron chi connectivity index (χ4n) is 2.34. The molecule has 0 amide bonds. The number of nitrogens with zero attached hydrogens (tertiary/aromatic N) is 2. The Balaban J connectivity index is 2.81. The summed E-state index contributed by atoms with van der Waals surface area (Å²) in [6.07, 6.45) is 7.70. The molecular formula is C18H33N2Si+. The van der Waals surface area contributed by atoms with Crippen molar-refractivity contribution in [2.75, 3.05) is 25.5 Å². The lowest BCUT2D eigenvalue weighted by Crippen LogP contribution is -2.39. The highest BCUT2D eigenvalue weighted by Crippen LogP contribution is 2.12. The molecule has 0 saturated carbocycles. The molecule has 1 aromatic rings. The summed E-state index contributed by atoms with van der Waals surface area (Å²) in [5, 5.41) is 0. The van der Waals surface area contributed by atoms with Crippen LogP contribution in [0.5, 0.6) is 0 Å².